The van der Waals surface area contributed by atoms with E-state index in [0.29, 0.717) is 17.7 Å². The van der Waals surface area contributed by atoms with Crippen LogP contribution in [0.15, 0.2) is 42.5 Å². The molecule has 162 valence electrons. The third kappa shape index (κ3) is 4.83. The van der Waals surface area contributed by atoms with E-state index in [1.54, 1.807) is 6.20 Å². The largest absolute Gasteiger partial charge is 0.463 e. The third-order valence-electron chi connectivity index (χ3n) is 5.54. The number of esters is 1. The minimum atomic E-state index is -0.275. The van der Waals surface area contributed by atoms with Crippen LogP contribution in [0.4, 0.5) is 11.5 Å². The average molecular weight is 461 g/mol. The van der Waals surface area contributed by atoms with Crippen molar-refractivity contribution in [1.82, 2.24) is 9.97 Å². The molecule has 0 radical (unpaired) electrons. The van der Waals surface area contributed by atoms with Gasteiger partial charge in [-0.05, 0) is 37.3 Å². The van der Waals surface area contributed by atoms with Crippen molar-refractivity contribution in [3.63, 3.8) is 0 Å². The monoisotopic (exact) mass is 460 g/mol. The van der Waals surface area contributed by atoms with E-state index in [0.717, 1.165) is 37.1 Å². The molecule has 0 bridgehead atoms. The Labute approximate surface area is 190 Å². The van der Waals surface area contributed by atoms with Crippen LogP contribution in [0.25, 0.3) is 0 Å². The molecular weight excluding hydrogens is 439 g/mol. The molecule has 1 saturated carbocycles. The second-order valence-electron chi connectivity index (χ2n) is 7.70. The number of carbonyl (C=O) groups excluding carboxylic acids is 2. The molecule has 2 aromatic rings. The smallest absolute Gasteiger partial charge is 0.302 e. The van der Waals surface area contributed by atoms with Crippen LogP contribution in [-0.2, 0) is 20.7 Å². The SMILES string of the molecule is CC(=O)O[C@H]1CC[C@H](N2C=C(C(=O)Nc3c(Cl)cncc3Cl)Cc3cccnc32)CC1. The summed E-state index contributed by atoms with van der Waals surface area (Å²) >= 11 is 12.3. The Hall–Kier alpha value is -2.64. The van der Waals surface area contributed by atoms with Gasteiger partial charge in [0.15, 0.2) is 0 Å². The summed E-state index contributed by atoms with van der Waals surface area (Å²) in [4.78, 5) is 34.9. The van der Waals surface area contributed by atoms with Gasteiger partial charge in [-0.15, -0.1) is 0 Å². The van der Waals surface area contributed by atoms with Gasteiger partial charge in [-0.1, -0.05) is 29.3 Å². The Kier molecular flexibility index (Phi) is 6.43. The van der Waals surface area contributed by atoms with E-state index in [-0.39, 0.29) is 34.1 Å². The van der Waals surface area contributed by atoms with Crippen LogP contribution in [0.3, 0.4) is 0 Å². The van der Waals surface area contributed by atoms with E-state index in [2.05, 4.69) is 20.2 Å². The summed E-state index contributed by atoms with van der Waals surface area (Å²) < 4.78 is 5.36. The van der Waals surface area contributed by atoms with Crippen molar-refractivity contribution in [2.24, 2.45) is 0 Å². The van der Waals surface area contributed by atoms with Crippen LogP contribution in [0.2, 0.25) is 10.0 Å². The van der Waals surface area contributed by atoms with Gasteiger partial charge in [-0.3, -0.25) is 14.6 Å². The summed E-state index contributed by atoms with van der Waals surface area (Å²) in [6, 6.07) is 4.01. The van der Waals surface area contributed by atoms with Crippen molar-refractivity contribution in [2.45, 2.75) is 51.2 Å². The van der Waals surface area contributed by atoms with Gasteiger partial charge in [0, 0.05) is 49.7 Å². The van der Waals surface area contributed by atoms with Crippen molar-refractivity contribution < 1.29 is 14.3 Å². The number of pyridine rings is 2. The van der Waals surface area contributed by atoms with Gasteiger partial charge in [0.2, 0.25) is 0 Å². The maximum Gasteiger partial charge on any atom is 0.302 e. The second-order valence-corrected chi connectivity index (χ2v) is 8.51. The topological polar surface area (TPSA) is 84.4 Å². The van der Waals surface area contributed by atoms with E-state index in [1.807, 2.05) is 18.3 Å². The van der Waals surface area contributed by atoms with Crippen molar-refractivity contribution >= 4 is 46.6 Å². The number of hydrogen-bond donors (Lipinski definition) is 1. The highest BCUT2D eigenvalue weighted by Crippen LogP contribution is 2.35. The van der Waals surface area contributed by atoms with Gasteiger partial charge in [0.05, 0.1) is 15.7 Å². The molecule has 3 heterocycles. The fraction of sp³-hybridized carbons (Fsp3) is 0.364. The zero-order valence-electron chi connectivity index (χ0n) is 17.0. The standard InChI is InChI=1S/C22H22Cl2N4O3/c1-13(29)31-17-6-4-16(5-7-17)28-12-15(9-14-3-2-8-26-21(14)28)22(30)27-20-18(23)10-25-11-19(20)24/h2-3,8,10-12,16-17H,4-7,9H2,1H3,(H,25,27,30)/t16-,17-. The van der Waals surface area contributed by atoms with Crippen LogP contribution in [0, 0.1) is 0 Å². The van der Waals surface area contributed by atoms with Crippen molar-refractivity contribution in [2.75, 3.05) is 10.2 Å². The van der Waals surface area contributed by atoms with E-state index in [1.165, 1.54) is 19.3 Å². The van der Waals surface area contributed by atoms with Gasteiger partial charge in [-0.25, -0.2) is 4.98 Å². The molecule has 1 aliphatic carbocycles. The fourth-order valence-electron chi connectivity index (χ4n) is 4.10. The number of nitrogens with one attached hydrogen (secondary N) is 1. The summed E-state index contributed by atoms with van der Waals surface area (Å²) in [6.07, 6.45) is 10.1. The lowest BCUT2D eigenvalue weighted by Gasteiger charge is -2.38. The van der Waals surface area contributed by atoms with Crippen molar-refractivity contribution in [1.29, 1.82) is 0 Å². The number of nitrogens with zero attached hydrogens (tertiary/aromatic N) is 3. The number of aromatic nitrogens is 2. The molecule has 2 aliphatic rings. The molecule has 1 fully saturated rings. The lowest BCUT2D eigenvalue weighted by Crippen LogP contribution is -2.40. The molecule has 2 aromatic heterocycles. The first-order valence-electron chi connectivity index (χ1n) is 10.1. The molecule has 0 unspecified atom stereocenters. The zero-order chi connectivity index (χ0) is 22.0. The molecule has 1 N–H and O–H groups in total. The van der Waals surface area contributed by atoms with E-state index in [4.69, 9.17) is 27.9 Å². The third-order valence-corrected chi connectivity index (χ3v) is 6.11. The van der Waals surface area contributed by atoms with E-state index >= 15 is 0 Å². The molecule has 0 saturated heterocycles. The van der Waals surface area contributed by atoms with Crippen LogP contribution in [-0.4, -0.2) is 34.0 Å². The number of halogens is 2. The average Bonchev–Trinajstić information content (AvgIpc) is 2.75. The molecule has 0 atom stereocenters. The van der Waals surface area contributed by atoms with Crippen LogP contribution in [0.5, 0.6) is 0 Å². The maximum atomic E-state index is 13.1. The van der Waals surface area contributed by atoms with Gasteiger partial charge in [0.25, 0.3) is 5.91 Å². The Balaban J connectivity index is 1.56. The predicted octanol–water partition coefficient (Wildman–Crippen LogP) is 4.54. The normalized spacial score (nSPS) is 20.5. The molecule has 9 heteroatoms. The second kappa shape index (κ2) is 9.24. The Morgan fingerprint density at radius 1 is 1.16 bits per heavy atom. The lowest BCUT2D eigenvalue weighted by molar-refractivity contribution is -0.147. The maximum absolute atomic E-state index is 13.1. The molecule has 1 amide bonds. The van der Waals surface area contributed by atoms with Crippen molar-refractivity contribution in [3.8, 4) is 0 Å². The number of rotatable bonds is 4. The minimum Gasteiger partial charge on any atom is -0.463 e. The molecular formula is C22H22Cl2N4O3. The van der Waals surface area contributed by atoms with E-state index in [9.17, 15) is 9.59 Å². The van der Waals surface area contributed by atoms with Crippen LogP contribution >= 0.6 is 23.2 Å². The van der Waals surface area contributed by atoms with Crippen LogP contribution in [0.1, 0.15) is 38.2 Å². The van der Waals surface area contributed by atoms with Gasteiger partial charge < -0.3 is 15.0 Å². The minimum absolute atomic E-state index is 0.0514. The summed E-state index contributed by atoms with van der Waals surface area (Å²) in [6.45, 7) is 1.44. The Morgan fingerprint density at radius 3 is 2.55 bits per heavy atom. The highest BCUT2D eigenvalue weighted by atomic mass is 35.5. The van der Waals surface area contributed by atoms with Crippen LogP contribution < -0.4 is 10.2 Å². The molecule has 0 spiro atoms. The number of carbonyl (C=O) groups is 2. The molecule has 1 aliphatic heterocycles. The van der Waals surface area contributed by atoms with E-state index < -0.39 is 0 Å². The summed E-state index contributed by atoms with van der Waals surface area (Å²) in [5.74, 6) is 0.332. The number of amides is 1. The fourth-order valence-corrected chi connectivity index (χ4v) is 4.56. The van der Waals surface area contributed by atoms with Crippen molar-refractivity contribution in [3.05, 3.63) is 58.1 Å². The first-order valence-corrected chi connectivity index (χ1v) is 10.9. The Morgan fingerprint density at radius 2 is 1.87 bits per heavy atom. The molecule has 31 heavy (non-hydrogen) atoms. The number of anilines is 2. The molecule has 7 nitrogen and oxygen atoms in total. The molecule has 4 rings (SSSR count). The molecule has 0 aromatic carbocycles. The van der Waals surface area contributed by atoms with Gasteiger partial charge >= 0.3 is 5.97 Å². The highest BCUT2D eigenvalue weighted by molar-refractivity contribution is 6.39. The summed E-state index contributed by atoms with van der Waals surface area (Å²) in [5, 5.41) is 3.37. The summed E-state index contributed by atoms with van der Waals surface area (Å²) in [5.41, 5.74) is 1.91. The number of hydrogen-bond acceptors (Lipinski definition) is 6. The number of ether oxygens (including phenoxy) is 1. The highest BCUT2D eigenvalue weighted by Gasteiger charge is 2.31. The number of fused-ring (bicyclic) bond motifs is 1. The first-order chi connectivity index (χ1) is 14.9. The van der Waals surface area contributed by atoms with Gasteiger partial charge in [0.1, 0.15) is 11.9 Å². The zero-order valence-corrected chi connectivity index (χ0v) is 18.5. The summed E-state index contributed by atoms with van der Waals surface area (Å²) in [7, 11) is 0. The first kappa shape index (κ1) is 21.6. The van der Waals surface area contributed by atoms with Gasteiger partial charge in [-0.2, -0.15) is 0 Å². The Bertz CT molecular complexity index is 1010. The lowest BCUT2D eigenvalue weighted by atomic mass is 9.90. The quantitative estimate of drug-likeness (QED) is 0.673. The predicted molar refractivity (Wildman–Crippen MR) is 119 cm³/mol.